The topological polar surface area (TPSA) is 21.8 Å². The van der Waals surface area contributed by atoms with Gasteiger partial charge in [-0.1, -0.05) is 6.92 Å². The number of ether oxygens (including phenoxy) is 2. The van der Waals surface area contributed by atoms with Gasteiger partial charge in [-0.2, -0.15) is 0 Å². The van der Waals surface area contributed by atoms with Gasteiger partial charge in [-0.3, -0.25) is 0 Å². The zero-order valence-corrected chi connectivity index (χ0v) is 9.45. The Morgan fingerprint density at radius 3 is 2.53 bits per heavy atom. The van der Waals surface area contributed by atoms with Gasteiger partial charge in [-0.25, -0.2) is 0 Å². The van der Waals surface area contributed by atoms with Crippen molar-refractivity contribution in [2.45, 2.75) is 69.9 Å². The predicted octanol–water partition coefficient (Wildman–Crippen LogP) is 2.51. The highest BCUT2D eigenvalue weighted by Gasteiger charge is 2.55. The fraction of sp³-hybridized carbons (Fsp3) is 1.00. The molecule has 5 rings (SSSR count). The fourth-order valence-corrected chi connectivity index (χ4v) is 4.27. The highest BCUT2D eigenvalue weighted by atomic mass is 16.6. The molecule has 0 aromatic heterocycles. The molecule has 0 spiro atoms. The van der Waals surface area contributed by atoms with Crippen LogP contribution in [0.3, 0.4) is 0 Å². The Morgan fingerprint density at radius 2 is 1.87 bits per heavy atom. The molecule has 84 valence electrons. The van der Waals surface area contributed by atoms with Gasteiger partial charge in [-0.15, -0.1) is 0 Å². The lowest BCUT2D eigenvalue weighted by molar-refractivity contribution is -0.211. The average Bonchev–Trinajstić information content (AvgIpc) is 2.94. The second-order valence-electron chi connectivity index (χ2n) is 6.33. The number of hydrogen-bond acceptors (Lipinski definition) is 2. The normalized spacial score (nSPS) is 61.8. The molecule has 0 N–H and O–H groups in total. The van der Waals surface area contributed by atoms with Crippen molar-refractivity contribution in [2.75, 3.05) is 0 Å². The van der Waals surface area contributed by atoms with Crippen LogP contribution in [0.1, 0.15) is 45.4 Å². The summed E-state index contributed by atoms with van der Waals surface area (Å²) in [5.41, 5.74) is 0.522. The molecule has 0 radical (unpaired) electrons. The number of fused-ring (bicyclic) bond motifs is 3. The molecule has 2 nitrogen and oxygen atoms in total. The summed E-state index contributed by atoms with van der Waals surface area (Å²) in [6.45, 7) is 2.48. The van der Waals surface area contributed by atoms with E-state index in [1.807, 2.05) is 0 Å². The Balaban J connectivity index is 1.54. The minimum atomic E-state index is 0.522. The molecule has 6 unspecified atom stereocenters. The maximum atomic E-state index is 5.91. The van der Waals surface area contributed by atoms with Crippen LogP contribution in [0.25, 0.3) is 0 Å². The standard InChI is InChI=1S/C13H20O2/c1-13(5-4-10-12(7-13)15-10)9-3-2-8-6-11(9)14-8/h8-12H,2-7H2,1H3. The summed E-state index contributed by atoms with van der Waals surface area (Å²) in [5, 5.41) is 0. The monoisotopic (exact) mass is 208 g/mol. The van der Waals surface area contributed by atoms with Crippen molar-refractivity contribution in [1.29, 1.82) is 0 Å². The zero-order valence-electron chi connectivity index (χ0n) is 9.45. The number of hydrogen-bond donors (Lipinski definition) is 0. The SMILES string of the molecule is CC1(C2CCC3CC2O3)CCC2OC2C1. The summed E-state index contributed by atoms with van der Waals surface area (Å²) in [6, 6.07) is 0. The van der Waals surface area contributed by atoms with E-state index >= 15 is 0 Å². The lowest BCUT2D eigenvalue weighted by atomic mass is 9.60. The fourth-order valence-electron chi connectivity index (χ4n) is 4.27. The smallest absolute Gasteiger partial charge is 0.0847 e. The van der Waals surface area contributed by atoms with E-state index in [2.05, 4.69) is 6.92 Å². The summed E-state index contributed by atoms with van der Waals surface area (Å²) in [7, 11) is 0. The maximum Gasteiger partial charge on any atom is 0.0847 e. The van der Waals surface area contributed by atoms with Gasteiger partial charge in [-0.05, 0) is 43.4 Å². The zero-order chi connectivity index (χ0) is 10.0. The van der Waals surface area contributed by atoms with E-state index in [1.54, 1.807) is 0 Å². The molecule has 0 amide bonds. The number of epoxide rings is 1. The highest BCUT2D eigenvalue weighted by molar-refractivity contribution is 5.04. The van der Waals surface area contributed by atoms with Crippen LogP contribution < -0.4 is 0 Å². The molecule has 5 aliphatic rings. The molecule has 2 bridgehead atoms. The van der Waals surface area contributed by atoms with Crippen molar-refractivity contribution in [3.8, 4) is 0 Å². The van der Waals surface area contributed by atoms with Gasteiger partial charge < -0.3 is 9.47 Å². The third kappa shape index (κ3) is 1.24. The van der Waals surface area contributed by atoms with E-state index in [0.717, 1.165) is 5.92 Å². The van der Waals surface area contributed by atoms with E-state index in [9.17, 15) is 0 Å². The van der Waals surface area contributed by atoms with Crippen LogP contribution in [0.2, 0.25) is 0 Å². The van der Waals surface area contributed by atoms with Gasteiger partial charge in [0.2, 0.25) is 0 Å². The molecule has 5 fully saturated rings. The van der Waals surface area contributed by atoms with Crippen LogP contribution in [0.15, 0.2) is 0 Å². The first-order valence-corrected chi connectivity index (χ1v) is 6.55. The van der Waals surface area contributed by atoms with Crippen LogP contribution in [0, 0.1) is 11.3 Å². The van der Waals surface area contributed by atoms with E-state index in [-0.39, 0.29) is 0 Å². The Hall–Kier alpha value is -0.0800. The third-order valence-electron chi connectivity index (χ3n) is 5.36. The lowest BCUT2D eigenvalue weighted by Gasteiger charge is -2.53. The predicted molar refractivity (Wildman–Crippen MR) is 56.6 cm³/mol. The van der Waals surface area contributed by atoms with Crippen LogP contribution >= 0.6 is 0 Å². The molecule has 3 aliphatic heterocycles. The van der Waals surface area contributed by atoms with Gasteiger partial charge in [0.25, 0.3) is 0 Å². The molecule has 2 aliphatic carbocycles. The quantitative estimate of drug-likeness (QED) is 0.618. The molecule has 0 aromatic carbocycles. The highest BCUT2D eigenvalue weighted by Crippen LogP contribution is 2.56. The Bertz CT molecular complexity index is 282. The Morgan fingerprint density at radius 1 is 1.00 bits per heavy atom. The molecule has 2 heteroatoms. The third-order valence-corrected chi connectivity index (χ3v) is 5.36. The average molecular weight is 208 g/mol. The van der Waals surface area contributed by atoms with E-state index in [1.165, 1.54) is 38.5 Å². The largest absolute Gasteiger partial charge is 0.374 e. The van der Waals surface area contributed by atoms with Crippen LogP contribution in [-0.4, -0.2) is 24.4 Å². The summed E-state index contributed by atoms with van der Waals surface area (Å²) < 4.78 is 11.6. The molecular weight excluding hydrogens is 188 g/mol. The van der Waals surface area contributed by atoms with E-state index < -0.39 is 0 Å². The summed E-state index contributed by atoms with van der Waals surface area (Å²) in [6.07, 6.45) is 10.5. The minimum Gasteiger partial charge on any atom is -0.374 e. The first kappa shape index (κ1) is 9.00. The van der Waals surface area contributed by atoms with Gasteiger partial charge in [0.15, 0.2) is 0 Å². The van der Waals surface area contributed by atoms with Crippen molar-refractivity contribution < 1.29 is 9.47 Å². The lowest BCUT2D eigenvalue weighted by Crippen LogP contribution is -2.53. The van der Waals surface area contributed by atoms with E-state index in [4.69, 9.17) is 9.47 Å². The van der Waals surface area contributed by atoms with Crippen molar-refractivity contribution in [2.24, 2.45) is 11.3 Å². The number of rotatable bonds is 1. The van der Waals surface area contributed by atoms with Crippen molar-refractivity contribution >= 4 is 0 Å². The second kappa shape index (κ2) is 2.78. The first-order valence-electron chi connectivity index (χ1n) is 6.55. The molecule has 2 saturated carbocycles. The van der Waals surface area contributed by atoms with Crippen LogP contribution in [0.4, 0.5) is 0 Å². The molecule has 6 atom stereocenters. The molecule has 0 aromatic rings. The van der Waals surface area contributed by atoms with Crippen molar-refractivity contribution in [3.63, 3.8) is 0 Å². The van der Waals surface area contributed by atoms with Crippen LogP contribution in [0.5, 0.6) is 0 Å². The van der Waals surface area contributed by atoms with Gasteiger partial charge in [0, 0.05) is 6.42 Å². The first-order chi connectivity index (χ1) is 7.24. The van der Waals surface area contributed by atoms with Crippen molar-refractivity contribution in [3.05, 3.63) is 0 Å². The maximum absolute atomic E-state index is 5.91. The Kier molecular flexibility index (Phi) is 1.67. The van der Waals surface area contributed by atoms with Crippen LogP contribution in [-0.2, 0) is 9.47 Å². The van der Waals surface area contributed by atoms with E-state index in [0.29, 0.717) is 29.8 Å². The molecular formula is C13H20O2. The summed E-state index contributed by atoms with van der Waals surface area (Å²) >= 11 is 0. The summed E-state index contributed by atoms with van der Waals surface area (Å²) in [5.74, 6) is 0.827. The second-order valence-corrected chi connectivity index (χ2v) is 6.33. The van der Waals surface area contributed by atoms with Gasteiger partial charge >= 0.3 is 0 Å². The Labute approximate surface area is 91.3 Å². The van der Waals surface area contributed by atoms with Gasteiger partial charge in [0.1, 0.15) is 0 Å². The molecule has 3 heterocycles. The van der Waals surface area contributed by atoms with Gasteiger partial charge in [0.05, 0.1) is 24.4 Å². The molecule has 3 saturated heterocycles. The summed E-state index contributed by atoms with van der Waals surface area (Å²) in [4.78, 5) is 0. The minimum absolute atomic E-state index is 0.522. The molecule has 15 heavy (non-hydrogen) atoms. The van der Waals surface area contributed by atoms with Crippen molar-refractivity contribution in [1.82, 2.24) is 0 Å².